The molecule has 0 heterocycles. The molecule has 0 aliphatic carbocycles. The highest BCUT2D eigenvalue weighted by Gasteiger charge is 2.28. The second kappa shape index (κ2) is 66.6. The normalized spacial score (nSPS) is 13.9. The van der Waals surface area contributed by atoms with E-state index < -0.39 is 20.0 Å². The van der Waals surface area contributed by atoms with Gasteiger partial charge in [-0.2, -0.15) is 0 Å². The van der Waals surface area contributed by atoms with E-state index in [2.05, 4.69) is 67.8 Å². The molecule has 500 valence electrons. The zero-order chi connectivity index (χ0) is 61.9. The third-order valence-corrected chi connectivity index (χ3v) is 17.9. The van der Waals surface area contributed by atoms with Crippen LogP contribution >= 0.6 is 7.82 Å². The summed E-state index contributed by atoms with van der Waals surface area (Å²) in [5.41, 5.74) is 0. The van der Waals surface area contributed by atoms with Crippen molar-refractivity contribution < 1.29 is 32.9 Å². The molecule has 0 radical (unpaired) electrons. The number of amides is 1. The van der Waals surface area contributed by atoms with Crippen molar-refractivity contribution in [3.63, 3.8) is 0 Å². The predicted molar refractivity (Wildman–Crippen MR) is 374 cm³/mol. The number of hydrogen-bond acceptors (Lipinski definition) is 5. The summed E-state index contributed by atoms with van der Waals surface area (Å²) in [5.74, 6) is -0.181. The van der Waals surface area contributed by atoms with Gasteiger partial charge in [-0.1, -0.05) is 351 Å². The molecule has 0 aliphatic rings. The first-order valence-corrected chi connectivity index (χ1v) is 38.7. The van der Waals surface area contributed by atoms with Crippen LogP contribution in [-0.4, -0.2) is 73.4 Å². The summed E-state index contributed by atoms with van der Waals surface area (Å²) in [6.45, 7) is 4.83. The zero-order valence-corrected chi connectivity index (χ0v) is 58.3. The van der Waals surface area contributed by atoms with E-state index in [1.54, 1.807) is 6.08 Å². The lowest BCUT2D eigenvalue weighted by molar-refractivity contribution is -0.870. The second-order valence-corrected chi connectivity index (χ2v) is 28.1. The van der Waals surface area contributed by atoms with Gasteiger partial charge in [0.05, 0.1) is 39.9 Å². The van der Waals surface area contributed by atoms with Gasteiger partial charge >= 0.3 is 7.82 Å². The molecule has 0 saturated heterocycles. The number of nitrogens with zero attached hydrogens (tertiary/aromatic N) is 1. The number of carbonyl (C=O) groups is 1. The van der Waals surface area contributed by atoms with Gasteiger partial charge in [0.1, 0.15) is 13.2 Å². The Balaban J connectivity index is 4.04. The minimum absolute atomic E-state index is 0.0566. The topological polar surface area (TPSA) is 105 Å². The molecule has 0 saturated carbocycles. The van der Waals surface area contributed by atoms with E-state index in [1.807, 2.05) is 27.2 Å². The molecule has 0 fully saturated rings. The second-order valence-electron chi connectivity index (χ2n) is 26.7. The molecule has 0 rings (SSSR count). The lowest BCUT2D eigenvalue weighted by Crippen LogP contribution is -2.45. The van der Waals surface area contributed by atoms with E-state index in [9.17, 15) is 19.4 Å². The van der Waals surface area contributed by atoms with Crippen molar-refractivity contribution in [2.75, 3.05) is 40.9 Å². The summed E-state index contributed by atoms with van der Waals surface area (Å²) < 4.78 is 23.8. The fourth-order valence-electron chi connectivity index (χ4n) is 11.2. The van der Waals surface area contributed by atoms with Crippen LogP contribution in [0.4, 0.5) is 0 Å². The summed E-state index contributed by atoms with van der Waals surface area (Å²) >= 11 is 0. The number of hydrogen-bond donors (Lipinski definition) is 3. The maximum absolute atomic E-state index is 13.1. The SMILES string of the molecule is CCCCCCC/C=C\C/C=C\C/C=C\CCCCCCCCCCCCCCCCCCCCCCC(=O)NC(COP(=O)(O)OCC[N+](C)(C)C)C(O)/C=C/CC/C=C/CCCCCCCCCCCCCCCCCCCCCCCC. The van der Waals surface area contributed by atoms with E-state index in [-0.39, 0.29) is 19.1 Å². The molecule has 85 heavy (non-hydrogen) atoms. The number of quaternary nitrogens is 1. The van der Waals surface area contributed by atoms with Crippen molar-refractivity contribution in [2.24, 2.45) is 0 Å². The van der Waals surface area contributed by atoms with Gasteiger partial charge in [0, 0.05) is 6.42 Å². The fraction of sp³-hybridized carbons (Fsp3) is 0.855. The Morgan fingerprint density at radius 3 is 1.02 bits per heavy atom. The predicted octanol–water partition coefficient (Wildman–Crippen LogP) is 23.9. The maximum atomic E-state index is 13.1. The summed E-state index contributed by atoms with van der Waals surface area (Å²) in [7, 11) is 1.57. The summed E-state index contributed by atoms with van der Waals surface area (Å²) in [6.07, 6.45) is 92.5. The number of phosphoric ester groups is 1. The number of allylic oxidation sites excluding steroid dienone is 9. The van der Waals surface area contributed by atoms with Gasteiger partial charge < -0.3 is 19.8 Å². The monoisotopic (exact) mass is 1210 g/mol. The highest BCUT2D eigenvalue weighted by atomic mass is 31.2. The van der Waals surface area contributed by atoms with Crippen LogP contribution in [0.15, 0.2) is 60.8 Å². The van der Waals surface area contributed by atoms with Crippen molar-refractivity contribution in [1.82, 2.24) is 5.32 Å². The average Bonchev–Trinajstić information content (AvgIpc) is 3.48. The first-order chi connectivity index (χ1) is 41.5. The first kappa shape index (κ1) is 83.2. The number of unbranched alkanes of at least 4 members (excludes halogenated alkanes) is 48. The third-order valence-electron chi connectivity index (χ3n) is 17.0. The first-order valence-electron chi connectivity index (χ1n) is 37.2. The molecule has 9 heteroatoms. The highest BCUT2D eigenvalue weighted by Crippen LogP contribution is 2.43. The van der Waals surface area contributed by atoms with Crippen LogP contribution in [0.5, 0.6) is 0 Å². The van der Waals surface area contributed by atoms with Crippen molar-refractivity contribution in [1.29, 1.82) is 0 Å². The van der Waals surface area contributed by atoms with Crippen LogP contribution in [0.25, 0.3) is 0 Å². The number of rotatable bonds is 69. The number of carbonyl (C=O) groups excluding carboxylic acids is 1. The Kier molecular flexibility index (Phi) is 65.2. The lowest BCUT2D eigenvalue weighted by atomic mass is 10.0. The highest BCUT2D eigenvalue weighted by molar-refractivity contribution is 7.47. The van der Waals surface area contributed by atoms with Crippen LogP contribution in [0.2, 0.25) is 0 Å². The van der Waals surface area contributed by atoms with E-state index >= 15 is 0 Å². The molecule has 3 atom stereocenters. The fourth-order valence-corrected chi connectivity index (χ4v) is 11.9. The molecule has 0 bridgehead atoms. The van der Waals surface area contributed by atoms with Gasteiger partial charge in [-0.25, -0.2) is 4.57 Å². The van der Waals surface area contributed by atoms with Gasteiger partial charge in [-0.3, -0.25) is 13.8 Å². The average molecular weight is 1210 g/mol. The Hall–Kier alpha value is -1.80. The van der Waals surface area contributed by atoms with Crippen LogP contribution in [0, 0.1) is 0 Å². The van der Waals surface area contributed by atoms with Crippen molar-refractivity contribution in [3.05, 3.63) is 60.8 Å². The summed E-state index contributed by atoms with van der Waals surface area (Å²) in [5, 5.41) is 14.0. The molecule has 8 nitrogen and oxygen atoms in total. The van der Waals surface area contributed by atoms with Gasteiger partial charge in [-0.05, 0) is 70.6 Å². The van der Waals surface area contributed by atoms with Crippen LogP contribution in [0.1, 0.15) is 367 Å². The quantitative estimate of drug-likeness (QED) is 0.0243. The molecule has 0 aromatic rings. The number of aliphatic hydroxyl groups is 1. The molecular weight excluding hydrogens is 1070 g/mol. The number of aliphatic hydroxyl groups excluding tert-OH is 1. The Morgan fingerprint density at radius 2 is 0.682 bits per heavy atom. The molecular formula is C76H146N2O6P+. The van der Waals surface area contributed by atoms with E-state index in [1.165, 1.54) is 295 Å². The van der Waals surface area contributed by atoms with Crippen LogP contribution in [-0.2, 0) is 18.4 Å². The number of likely N-dealkylation sites (N-methyl/N-ethyl adjacent to an activating group) is 1. The van der Waals surface area contributed by atoms with Gasteiger partial charge in [-0.15, -0.1) is 0 Å². The molecule has 0 aromatic heterocycles. The largest absolute Gasteiger partial charge is 0.472 e. The molecule has 0 aliphatic heterocycles. The Morgan fingerprint density at radius 1 is 0.400 bits per heavy atom. The Bertz CT molecular complexity index is 1570. The molecule has 1 amide bonds. The minimum atomic E-state index is -4.36. The smallest absolute Gasteiger partial charge is 0.387 e. The molecule has 0 aromatic carbocycles. The standard InChI is InChI=1S/C76H145N2O6P/c1-6-8-10-12-14-16-18-20-22-24-26-28-30-32-34-36-37-38-39-40-41-42-44-46-48-50-52-54-56-58-60-62-64-66-68-70-76(80)77-74(73-84-85(81,82)83-72-71-78(3,4)5)75(79)69-67-65-63-61-59-57-55-53-51-49-47-45-43-35-33-31-29-27-25-23-21-19-17-15-13-11-9-7-2/h18,20,24,26,30,32,59,61,67,69,74-75,79H,6-17,19,21-23,25,27-29,31,33-58,60,62-66,68,70-73H2,1-5H3,(H-,77,80,81,82)/p+1/b20-18-,26-24-,32-30-,61-59+,69-67+. The third kappa shape index (κ3) is 69.5. The Labute approximate surface area is 530 Å². The van der Waals surface area contributed by atoms with E-state index in [0.29, 0.717) is 17.4 Å². The van der Waals surface area contributed by atoms with Gasteiger partial charge in [0.15, 0.2) is 0 Å². The number of nitrogens with one attached hydrogen (secondary N) is 1. The molecule has 3 unspecified atom stereocenters. The van der Waals surface area contributed by atoms with Gasteiger partial charge in [0.25, 0.3) is 0 Å². The summed E-state index contributed by atoms with van der Waals surface area (Å²) in [4.78, 5) is 23.4. The number of phosphoric acid groups is 1. The minimum Gasteiger partial charge on any atom is -0.387 e. The van der Waals surface area contributed by atoms with E-state index in [4.69, 9.17) is 9.05 Å². The van der Waals surface area contributed by atoms with Crippen LogP contribution in [0.3, 0.4) is 0 Å². The summed E-state index contributed by atoms with van der Waals surface area (Å²) in [6, 6.07) is -0.866. The van der Waals surface area contributed by atoms with Crippen molar-refractivity contribution in [2.45, 2.75) is 379 Å². The van der Waals surface area contributed by atoms with E-state index in [0.717, 1.165) is 51.4 Å². The van der Waals surface area contributed by atoms with Crippen LogP contribution < -0.4 is 5.32 Å². The zero-order valence-electron chi connectivity index (χ0n) is 57.4. The van der Waals surface area contributed by atoms with Crippen molar-refractivity contribution in [3.8, 4) is 0 Å². The maximum Gasteiger partial charge on any atom is 0.472 e. The lowest BCUT2D eigenvalue weighted by Gasteiger charge is -2.25. The molecule has 3 N–H and O–H groups in total. The molecule has 0 spiro atoms. The van der Waals surface area contributed by atoms with Crippen molar-refractivity contribution >= 4 is 13.7 Å². The van der Waals surface area contributed by atoms with Gasteiger partial charge in [0.2, 0.25) is 5.91 Å².